The van der Waals surface area contributed by atoms with E-state index < -0.39 is 0 Å². The number of halogens is 1. The van der Waals surface area contributed by atoms with Gasteiger partial charge in [0.15, 0.2) is 0 Å². The molecule has 1 aromatic heterocycles. The second-order valence-corrected chi connectivity index (χ2v) is 3.96. The number of aromatic hydroxyl groups is 1. The fourth-order valence-electron chi connectivity index (χ4n) is 1.20. The molecule has 0 bridgehead atoms. The van der Waals surface area contributed by atoms with Gasteiger partial charge in [-0.2, -0.15) is 0 Å². The van der Waals surface area contributed by atoms with Gasteiger partial charge in [0.05, 0.1) is 0 Å². The van der Waals surface area contributed by atoms with Crippen molar-refractivity contribution in [3.05, 3.63) is 28.1 Å². The number of benzene rings is 1. The van der Waals surface area contributed by atoms with Gasteiger partial charge < -0.3 is 5.11 Å². The van der Waals surface area contributed by atoms with Crippen LogP contribution in [0.5, 0.6) is 5.75 Å². The van der Waals surface area contributed by atoms with Crippen LogP contribution < -0.4 is 0 Å². The zero-order valence-electron chi connectivity index (χ0n) is 6.47. The molecule has 3 heteroatoms. The van der Waals surface area contributed by atoms with Crippen LogP contribution in [-0.2, 0) is 0 Å². The number of thiophene rings is 1. The first-order valence-corrected chi connectivity index (χ1v) is 4.81. The number of hydrogen-bond donors (Lipinski definition) is 1. The third-order valence-electron chi connectivity index (χ3n) is 1.90. The predicted octanol–water partition coefficient (Wildman–Crippen LogP) is 3.57. The molecule has 0 amide bonds. The first-order chi connectivity index (χ1) is 5.70. The summed E-state index contributed by atoms with van der Waals surface area (Å²) >= 11 is 7.44. The lowest BCUT2D eigenvalue weighted by Gasteiger charge is -1.97. The van der Waals surface area contributed by atoms with E-state index in [4.69, 9.17) is 11.6 Å². The molecular formula is C9H7ClOS. The van der Waals surface area contributed by atoms with E-state index >= 15 is 0 Å². The van der Waals surface area contributed by atoms with Crippen molar-refractivity contribution in [1.29, 1.82) is 0 Å². The lowest BCUT2D eigenvalue weighted by Crippen LogP contribution is -1.73. The van der Waals surface area contributed by atoms with Crippen LogP contribution in [0.1, 0.15) is 5.56 Å². The van der Waals surface area contributed by atoms with E-state index in [1.165, 1.54) is 11.3 Å². The third kappa shape index (κ3) is 0.993. The summed E-state index contributed by atoms with van der Waals surface area (Å²) in [7, 11) is 0. The van der Waals surface area contributed by atoms with Crippen LogP contribution in [0.4, 0.5) is 0 Å². The van der Waals surface area contributed by atoms with Crippen molar-refractivity contribution < 1.29 is 5.11 Å². The Morgan fingerprint density at radius 3 is 2.92 bits per heavy atom. The Kier molecular flexibility index (Phi) is 1.74. The van der Waals surface area contributed by atoms with Crippen LogP contribution in [0.2, 0.25) is 5.02 Å². The van der Waals surface area contributed by atoms with Gasteiger partial charge in [-0.05, 0) is 24.6 Å². The zero-order valence-corrected chi connectivity index (χ0v) is 8.04. The van der Waals surface area contributed by atoms with Gasteiger partial charge in [-0.1, -0.05) is 11.6 Å². The second-order valence-electron chi connectivity index (χ2n) is 2.67. The summed E-state index contributed by atoms with van der Waals surface area (Å²) in [5, 5.41) is 12.8. The van der Waals surface area contributed by atoms with Crippen LogP contribution in [0.15, 0.2) is 17.5 Å². The van der Waals surface area contributed by atoms with Crippen LogP contribution in [0.25, 0.3) is 10.1 Å². The molecule has 62 valence electrons. The summed E-state index contributed by atoms with van der Waals surface area (Å²) in [5.41, 5.74) is 1.04. The largest absolute Gasteiger partial charge is 0.506 e. The van der Waals surface area contributed by atoms with Crippen LogP contribution in [0, 0.1) is 6.92 Å². The minimum absolute atomic E-state index is 0.342. The van der Waals surface area contributed by atoms with Crippen LogP contribution >= 0.6 is 22.9 Å². The quantitative estimate of drug-likeness (QED) is 0.686. The van der Waals surface area contributed by atoms with Crippen molar-refractivity contribution in [3.8, 4) is 5.75 Å². The average Bonchev–Trinajstić information content (AvgIpc) is 2.41. The highest BCUT2D eigenvalue weighted by Crippen LogP contribution is 2.35. The predicted molar refractivity (Wildman–Crippen MR) is 53.2 cm³/mol. The molecule has 0 fully saturated rings. The minimum Gasteiger partial charge on any atom is -0.506 e. The second kappa shape index (κ2) is 2.64. The van der Waals surface area contributed by atoms with Gasteiger partial charge in [0.2, 0.25) is 0 Å². The van der Waals surface area contributed by atoms with Crippen molar-refractivity contribution in [2.45, 2.75) is 6.92 Å². The first-order valence-electron chi connectivity index (χ1n) is 3.55. The van der Waals surface area contributed by atoms with E-state index in [0.29, 0.717) is 5.75 Å². The molecular weight excluding hydrogens is 192 g/mol. The van der Waals surface area contributed by atoms with Crippen molar-refractivity contribution >= 4 is 33.0 Å². The smallest absolute Gasteiger partial charge is 0.134 e. The third-order valence-corrected chi connectivity index (χ3v) is 3.42. The van der Waals surface area contributed by atoms with E-state index in [0.717, 1.165) is 20.7 Å². The highest BCUT2D eigenvalue weighted by atomic mass is 35.5. The van der Waals surface area contributed by atoms with E-state index in [1.54, 1.807) is 5.38 Å². The van der Waals surface area contributed by atoms with Gasteiger partial charge >= 0.3 is 0 Å². The molecule has 1 N–H and O–H groups in total. The lowest BCUT2D eigenvalue weighted by molar-refractivity contribution is 0.483. The van der Waals surface area contributed by atoms with Crippen molar-refractivity contribution in [2.24, 2.45) is 0 Å². The van der Waals surface area contributed by atoms with E-state index in [2.05, 4.69) is 0 Å². The van der Waals surface area contributed by atoms with Gasteiger partial charge in [-0.25, -0.2) is 0 Å². The van der Waals surface area contributed by atoms with Crippen LogP contribution in [0.3, 0.4) is 0 Å². The molecule has 0 radical (unpaired) electrons. The summed E-state index contributed by atoms with van der Waals surface area (Å²) in [6.45, 7) is 1.96. The van der Waals surface area contributed by atoms with Gasteiger partial charge in [0.25, 0.3) is 0 Å². The van der Waals surface area contributed by atoms with Gasteiger partial charge in [0.1, 0.15) is 5.75 Å². The Morgan fingerprint density at radius 1 is 1.42 bits per heavy atom. The summed E-state index contributed by atoms with van der Waals surface area (Å²) < 4.78 is 1.07. The molecule has 0 atom stereocenters. The molecule has 1 heterocycles. The van der Waals surface area contributed by atoms with Gasteiger partial charge in [-0.3, -0.25) is 0 Å². The molecule has 12 heavy (non-hydrogen) atoms. The molecule has 0 unspecified atom stereocenters. The SMILES string of the molecule is Cc1c(Cl)ccc2c(O)csc12. The Morgan fingerprint density at radius 2 is 2.17 bits per heavy atom. The standard InChI is InChI=1S/C9H7ClOS/c1-5-7(10)3-2-6-8(11)4-12-9(5)6/h2-4,11H,1H3. The van der Waals surface area contributed by atoms with Gasteiger partial charge in [-0.15, -0.1) is 11.3 Å². The summed E-state index contributed by atoms with van der Waals surface area (Å²) in [4.78, 5) is 0. The monoisotopic (exact) mass is 198 g/mol. The van der Waals surface area contributed by atoms with Crippen molar-refractivity contribution in [1.82, 2.24) is 0 Å². The maximum absolute atomic E-state index is 9.39. The van der Waals surface area contributed by atoms with E-state index in [-0.39, 0.29) is 0 Å². The Balaban J connectivity index is 2.93. The van der Waals surface area contributed by atoms with Crippen molar-refractivity contribution in [2.75, 3.05) is 0 Å². The molecule has 0 aliphatic rings. The number of rotatable bonds is 0. The summed E-state index contributed by atoms with van der Waals surface area (Å²) in [5.74, 6) is 0.342. The maximum atomic E-state index is 9.39. The number of fused-ring (bicyclic) bond motifs is 1. The fraction of sp³-hybridized carbons (Fsp3) is 0.111. The fourth-order valence-corrected chi connectivity index (χ4v) is 2.36. The van der Waals surface area contributed by atoms with Gasteiger partial charge in [0, 0.05) is 20.5 Å². The van der Waals surface area contributed by atoms with Crippen LogP contribution in [-0.4, -0.2) is 5.11 Å². The average molecular weight is 199 g/mol. The highest BCUT2D eigenvalue weighted by Gasteiger charge is 2.06. The molecule has 0 aliphatic heterocycles. The summed E-state index contributed by atoms with van der Waals surface area (Å²) in [6.07, 6.45) is 0. The molecule has 0 saturated carbocycles. The number of aryl methyl sites for hydroxylation is 1. The molecule has 2 rings (SSSR count). The normalized spacial score (nSPS) is 10.8. The summed E-state index contributed by atoms with van der Waals surface area (Å²) in [6, 6.07) is 3.65. The Hall–Kier alpha value is -0.730. The molecule has 1 nitrogen and oxygen atoms in total. The van der Waals surface area contributed by atoms with E-state index in [1.807, 2.05) is 19.1 Å². The lowest BCUT2D eigenvalue weighted by atomic mass is 10.2. The molecule has 0 aliphatic carbocycles. The Bertz CT molecular complexity index is 433. The highest BCUT2D eigenvalue weighted by molar-refractivity contribution is 7.17. The maximum Gasteiger partial charge on any atom is 0.134 e. The van der Waals surface area contributed by atoms with Crippen molar-refractivity contribution in [3.63, 3.8) is 0 Å². The first kappa shape index (κ1) is 7.90. The minimum atomic E-state index is 0.342. The molecule has 1 aromatic carbocycles. The molecule has 2 aromatic rings. The zero-order chi connectivity index (χ0) is 8.72. The molecule has 0 saturated heterocycles. The topological polar surface area (TPSA) is 20.2 Å². The number of hydrogen-bond acceptors (Lipinski definition) is 2. The molecule has 0 spiro atoms. The Labute approximate surface area is 79.2 Å². The van der Waals surface area contributed by atoms with E-state index in [9.17, 15) is 5.11 Å².